The Morgan fingerprint density at radius 3 is 2.47 bits per heavy atom. The summed E-state index contributed by atoms with van der Waals surface area (Å²) in [6, 6.07) is 15.1. The zero-order chi connectivity index (χ0) is 21.1. The number of nitrogens with one attached hydrogen (secondary N) is 1. The van der Waals surface area contributed by atoms with Gasteiger partial charge in [0.2, 0.25) is 5.88 Å². The van der Waals surface area contributed by atoms with E-state index in [4.69, 9.17) is 4.74 Å². The molecule has 0 bridgehead atoms. The Bertz CT molecular complexity index is 1250. The van der Waals surface area contributed by atoms with Crippen LogP contribution in [-0.4, -0.2) is 30.2 Å². The van der Waals surface area contributed by atoms with Crippen LogP contribution in [0, 0.1) is 6.92 Å². The minimum absolute atomic E-state index is 0.145. The first-order valence-electron chi connectivity index (χ1n) is 9.10. The molecule has 0 atom stereocenters. The standard InChI is InChI=1S/C21H18N6O3/c1-14-22-18(27-11-3-4-12-27)13-19(23-14)30-16-7-5-15(6-8-16)24-21(29)17-9-10-20(28)26(2)25-17/h3-13H,1-2H3,(H,24,29). The molecule has 0 fully saturated rings. The van der Waals surface area contributed by atoms with Crippen molar-refractivity contribution in [2.45, 2.75) is 6.92 Å². The van der Waals surface area contributed by atoms with Crippen molar-refractivity contribution in [1.82, 2.24) is 24.3 Å². The number of anilines is 1. The predicted molar refractivity (Wildman–Crippen MR) is 110 cm³/mol. The minimum atomic E-state index is -0.415. The fourth-order valence-corrected chi connectivity index (χ4v) is 2.74. The lowest BCUT2D eigenvalue weighted by molar-refractivity contribution is 0.102. The Morgan fingerprint density at radius 1 is 1.03 bits per heavy atom. The van der Waals surface area contributed by atoms with E-state index < -0.39 is 5.91 Å². The highest BCUT2D eigenvalue weighted by molar-refractivity contribution is 6.02. The van der Waals surface area contributed by atoms with Crippen LogP contribution in [0.3, 0.4) is 0 Å². The normalized spacial score (nSPS) is 10.6. The quantitative estimate of drug-likeness (QED) is 0.550. The van der Waals surface area contributed by atoms with Crippen LogP contribution >= 0.6 is 0 Å². The van der Waals surface area contributed by atoms with Crippen LogP contribution in [0.2, 0.25) is 0 Å². The van der Waals surface area contributed by atoms with E-state index in [1.54, 1.807) is 37.3 Å². The number of nitrogens with zero attached hydrogens (tertiary/aromatic N) is 5. The van der Waals surface area contributed by atoms with E-state index in [0.29, 0.717) is 29.0 Å². The Hall–Kier alpha value is -4.27. The molecular formula is C21H18N6O3. The summed E-state index contributed by atoms with van der Waals surface area (Å²) in [4.78, 5) is 32.4. The van der Waals surface area contributed by atoms with Gasteiger partial charge in [-0.05, 0) is 49.4 Å². The summed E-state index contributed by atoms with van der Waals surface area (Å²) < 4.78 is 8.82. The smallest absolute Gasteiger partial charge is 0.276 e. The maximum Gasteiger partial charge on any atom is 0.276 e. The van der Waals surface area contributed by atoms with Gasteiger partial charge in [0.05, 0.1) is 0 Å². The number of aromatic nitrogens is 5. The van der Waals surface area contributed by atoms with Gasteiger partial charge in [-0.25, -0.2) is 9.67 Å². The first-order valence-corrected chi connectivity index (χ1v) is 9.10. The molecule has 150 valence electrons. The summed E-state index contributed by atoms with van der Waals surface area (Å²) in [6.45, 7) is 1.80. The Balaban J connectivity index is 1.47. The van der Waals surface area contributed by atoms with Gasteiger partial charge in [0.25, 0.3) is 11.5 Å². The van der Waals surface area contributed by atoms with Crippen LogP contribution in [0.4, 0.5) is 5.69 Å². The molecule has 4 rings (SSSR count). The summed E-state index contributed by atoms with van der Waals surface area (Å²) in [5.74, 6) is 1.85. The summed E-state index contributed by atoms with van der Waals surface area (Å²) in [7, 11) is 1.49. The molecule has 0 aliphatic heterocycles. The molecule has 1 N–H and O–H groups in total. The van der Waals surface area contributed by atoms with Crippen LogP contribution in [0.1, 0.15) is 16.3 Å². The van der Waals surface area contributed by atoms with Gasteiger partial charge < -0.3 is 14.6 Å². The van der Waals surface area contributed by atoms with Crippen LogP contribution in [0.5, 0.6) is 11.6 Å². The second kappa shape index (κ2) is 8.00. The second-order valence-corrected chi connectivity index (χ2v) is 6.46. The summed E-state index contributed by atoms with van der Waals surface area (Å²) >= 11 is 0. The van der Waals surface area contributed by atoms with Gasteiger partial charge in [-0.15, -0.1) is 0 Å². The number of ether oxygens (including phenoxy) is 1. The topological polar surface area (TPSA) is 104 Å². The van der Waals surface area contributed by atoms with Gasteiger partial charge in [0, 0.05) is 37.3 Å². The van der Waals surface area contributed by atoms with Crippen molar-refractivity contribution >= 4 is 11.6 Å². The molecule has 4 aromatic rings. The van der Waals surface area contributed by atoms with Crippen molar-refractivity contribution in [3.05, 3.63) is 88.9 Å². The highest BCUT2D eigenvalue weighted by Crippen LogP contribution is 2.23. The number of benzene rings is 1. The predicted octanol–water partition coefficient (Wildman–Crippen LogP) is 2.71. The number of amides is 1. The van der Waals surface area contributed by atoms with Crippen LogP contribution in [-0.2, 0) is 7.05 Å². The molecule has 9 nitrogen and oxygen atoms in total. The zero-order valence-corrected chi connectivity index (χ0v) is 16.3. The molecule has 0 unspecified atom stereocenters. The van der Waals surface area contributed by atoms with Gasteiger partial charge in [0.15, 0.2) is 0 Å². The van der Waals surface area contributed by atoms with E-state index in [2.05, 4.69) is 20.4 Å². The van der Waals surface area contributed by atoms with E-state index in [0.717, 1.165) is 4.68 Å². The third-order valence-corrected chi connectivity index (χ3v) is 4.20. The molecule has 30 heavy (non-hydrogen) atoms. The lowest BCUT2D eigenvalue weighted by Gasteiger charge is -2.10. The van der Waals surface area contributed by atoms with Gasteiger partial charge in [-0.2, -0.15) is 10.1 Å². The average molecular weight is 402 g/mol. The van der Waals surface area contributed by atoms with Gasteiger partial charge in [0.1, 0.15) is 23.1 Å². The molecule has 0 saturated carbocycles. The van der Waals surface area contributed by atoms with Gasteiger partial charge in [-0.1, -0.05) is 0 Å². The number of carbonyl (C=O) groups excluding carboxylic acids is 1. The van der Waals surface area contributed by atoms with Gasteiger partial charge in [-0.3, -0.25) is 9.59 Å². The minimum Gasteiger partial charge on any atom is -0.439 e. The highest BCUT2D eigenvalue weighted by Gasteiger charge is 2.10. The van der Waals surface area contributed by atoms with Crippen molar-refractivity contribution in [3.63, 3.8) is 0 Å². The first-order chi connectivity index (χ1) is 14.5. The van der Waals surface area contributed by atoms with E-state index >= 15 is 0 Å². The van der Waals surface area contributed by atoms with Crippen molar-refractivity contribution in [1.29, 1.82) is 0 Å². The molecule has 0 aliphatic carbocycles. The summed E-state index contributed by atoms with van der Waals surface area (Å²) in [5.41, 5.74) is 0.425. The fraction of sp³-hybridized carbons (Fsp3) is 0.0952. The molecule has 9 heteroatoms. The highest BCUT2D eigenvalue weighted by atomic mass is 16.5. The maximum atomic E-state index is 12.3. The number of carbonyl (C=O) groups is 1. The fourth-order valence-electron chi connectivity index (χ4n) is 2.74. The van der Waals surface area contributed by atoms with Crippen LogP contribution < -0.4 is 15.6 Å². The van der Waals surface area contributed by atoms with Crippen molar-refractivity contribution in [2.24, 2.45) is 7.05 Å². The van der Waals surface area contributed by atoms with E-state index in [1.807, 2.05) is 29.1 Å². The average Bonchev–Trinajstić information content (AvgIpc) is 3.26. The van der Waals surface area contributed by atoms with Crippen LogP contribution in [0.15, 0.2) is 71.8 Å². The number of hydrogen-bond acceptors (Lipinski definition) is 6. The Morgan fingerprint density at radius 2 is 1.77 bits per heavy atom. The van der Waals surface area contributed by atoms with E-state index in [1.165, 1.54) is 19.2 Å². The molecule has 3 heterocycles. The third kappa shape index (κ3) is 4.25. The number of rotatable bonds is 5. The molecule has 1 aromatic carbocycles. The molecule has 0 saturated heterocycles. The van der Waals surface area contributed by atoms with Crippen molar-refractivity contribution in [2.75, 3.05) is 5.32 Å². The molecule has 3 aromatic heterocycles. The van der Waals surface area contributed by atoms with Gasteiger partial charge >= 0.3 is 0 Å². The first kappa shape index (κ1) is 19.1. The Kier molecular flexibility index (Phi) is 5.08. The van der Waals surface area contributed by atoms with E-state index in [9.17, 15) is 9.59 Å². The number of hydrogen-bond donors (Lipinski definition) is 1. The van der Waals surface area contributed by atoms with E-state index in [-0.39, 0.29) is 11.3 Å². The maximum absolute atomic E-state index is 12.3. The molecular weight excluding hydrogens is 384 g/mol. The van der Waals surface area contributed by atoms with Crippen molar-refractivity contribution in [3.8, 4) is 17.4 Å². The third-order valence-electron chi connectivity index (χ3n) is 4.20. The Labute approximate surface area is 171 Å². The largest absolute Gasteiger partial charge is 0.439 e. The van der Waals surface area contributed by atoms with Crippen LogP contribution in [0.25, 0.3) is 5.82 Å². The lowest BCUT2D eigenvalue weighted by atomic mass is 10.3. The van der Waals surface area contributed by atoms with Crippen molar-refractivity contribution < 1.29 is 9.53 Å². The molecule has 0 aliphatic rings. The molecule has 0 spiro atoms. The number of aryl methyl sites for hydroxylation is 2. The second-order valence-electron chi connectivity index (χ2n) is 6.46. The SMILES string of the molecule is Cc1nc(Oc2ccc(NC(=O)c3ccc(=O)n(C)n3)cc2)cc(-n2cccc2)n1. The monoisotopic (exact) mass is 402 g/mol. The summed E-state index contributed by atoms with van der Waals surface area (Å²) in [6.07, 6.45) is 3.78. The zero-order valence-electron chi connectivity index (χ0n) is 16.3. The summed E-state index contributed by atoms with van der Waals surface area (Å²) in [5, 5.41) is 6.66. The lowest BCUT2D eigenvalue weighted by Crippen LogP contribution is -2.23. The molecule has 0 radical (unpaired) electrons. The molecule has 1 amide bonds.